The number of urea groups is 1. The van der Waals surface area contributed by atoms with E-state index in [2.05, 4.69) is 10.5 Å². The predicted molar refractivity (Wildman–Crippen MR) is 70.1 cm³/mol. The fraction of sp³-hybridized carbons (Fsp3) is 0.615. The van der Waals surface area contributed by atoms with Gasteiger partial charge in [0.25, 0.3) is 0 Å². The molecular formula is C13H19N3O4. The van der Waals surface area contributed by atoms with Crippen LogP contribution in [0.2, 0.25) is 0 Å². The number of rotatable bonds is 3. The van der Waals surface area contributed by atoms with Crippen LogP contribution in [0.5, 0.6) is 0 Å². The average Bonchev–Trinajstić information content (AvgIpc) is 2.91. The van der Waals surface area contributed by atoms with Crippen LogP contribution in [0.1, 0.15) is 23.9 Å². The molecule has 0 radical (unpaired) electrons. The van der Waals surface area contributed by atoms with Crippen molar-refractivity contribution in [2.24, 2.45) is 11.8 Å². The summed E-state index contributed by atoms with van der Waals surface area (Å²) in [5, 5.41) is 15.7. The number of carbonyl (C=O) groups excluding carboxylic acids is 1. The highest BCUT2D eigenvalue weighted by molar-refractivity contribution is 5.77. The van der Waals surface area contributed by atoms with Gasteiger partial charge in [-0.05, 0) is 19.8 Å². The molecule has 0 unspecified atom stereocenters. The van der Waals surface area contributed by atoms with Gasteiger partial charge in [-0.15, -0.1) is 0 Å². The summed E-state index contributed by atoms with van der Waals surface area (Å²) in [7, 11) is 0. The highest BCUT2D eigenvalue weighted by Crippen LogP contribution is 2.23. The van der Waals surface area contributed by atoms with E-state index >= 15 is 0 Å². The Balaban J connectivity index is 1.92. The minimum atomic E-state index is -0.849. The Hall–Kier alpha value is -2.05. The zero-order valence-electron chi connectivity index (χ0n) is 11.8. The lowest BCUT2D eigenvalue weighted by molar-refractivity contribution is -0.142. The lowest BCUT2D eigenvalue weighted by atomic mass is 9.99. The number of nitrogens with one attached hydrogen (secondary N) is 1. The van der Waals surface area contributed by atoms with Gasteiger partial charge in [0.2, 0.25) is 0 Å². The fourth-order valence-electron chi connectivity index (χ4n) is 2.48. The second-order valence-corrected chi connectivity index (χ2v) is 5.29. The van der Waals surface area contributed by atoms with Crippen LogP contribution in [-0.4, -0.2) is 40.3 Å². The number of carbonyl (C=O) groups is 2. The average molecular weight is 281 g/mol. The van der Waals surface area contributed by atoms with Gasteiger partial charge in [-0.2, -0.15) is 0 Å². The number of aliphatic carboxylic acids is 1. The standard InChI is InChI=1S/C13H19N3O4/c1-7-5-16(6-11(7)12(17)18)13(19)14-4-10-8(2)15-20-9(10)3/h7,11H,4-6H2,1-3H3,(H,14,19)(H,17,18)/t7-,11-/m1/s1. The SMILES string of the molecule is Cc1noc(C)c1CNC(=O)N1C[C@@H](C)[C@H](C(=O)O)C1. The van der Waals surface area contributed by atoms with Crippen LogP contribution in [0.25, 0.3) is 0 Å². The van der Waals surface area contributed by atoms with Gasteiger partial charge in [0.1, 0.15) is 5.76 Å². The minimum Gasteiger partial charge on any atom is -0.481 e. The Labute approximate surface area is 116 Å². The zero-order valence-corrected chi connectivity index (χ0v) is 11.8. The largest absolute Gasteiger partial charge is 0.481 e. The van der Waals surface area contributed by atoms with Crippen molar-refractivity contribution in [1.29, 1.82) is 0 Å². The molecule has 1 aromatic rings. The van der Waals surface area contributed by atoms with Crippen molar-refractivity contribution in [3.8, 4) is 0 Å². The molecule has 7 heteroatoms. The minimum absolute atomic E-state index is 0.0303. The number of carboxylic acid groups (broad SMARTS) is 1. The number of amides is 2. The van der Waals surface area contributed by atoms with E-state index in [0.717, 1.165) is 11.3 Å². The summed E-state index contributed by atoms with van der Waals surface area (Å²) in [6, 6.07) is -0.249. The van der Waals surface area contributed by atoms with Crippen LogP contribution in [0.3, 0.4) is 0 Å². The topological polar surface area (TPSA) is 95.7 Å². The molecule has 1 saturated heterocycles. The van der Waals surface area contributed by atoms with Crippen molar-refractivity contribution >= 4 is 12.0 Å². The molecule has 2 heterocycles. The molecule has 110 valence electrons. The van der Waals surface area contributed by atoms with Gasteiger partial charge < -0.3 is 19.8 Å². The summed E-state index contributed by atoms with van der Waals surface area (Å²) in [5.74, 6) is -0.684. The van der Waals surface area contributed by atoms with Gasteiger partial charge >= 0.3 is 12.0 Å². The normalized spacial score (nSPS) is 22.1. The number of likely N-dealkylation sites (tertiary alicyclic amines) is 1. The molecule has 2 N–H and O–H groups in total. The van der Waals surface area contributed by atoms with E-state index in [4.69, 9.17) is 9.63 Å². The van der Waals surface area contributed by atoms with E-state index in [-0.39, 0.29) is 18.5 Å². The summed E-state index contributed by atoms with van der Waals surface area (Å²) in [4.78, 5) is 24.6. The smallest absolute Gasteiger partial charge is 0.317 e. The Morgan fingerprint density at radius 3 is 2.65 bits per heavy atom. The third kappa shape index (κ3) is 2.76. The Morgan fingerprint density at radius 1 is 1.45 bits per heavy atom. The molecule has 0 bridgehead atoms. The van der Waals surface area contributed by atoms with Crippen LogP contribution < -0.4 is 5.32 Å². The maximum atomic E-state index is 12.0. The first-order valence-corrected chi connectivity index (χ1v) is 6.57. The quantitative estimate of drug-likeness (QED) is 0.866. The third-order valence-electron chi connectivity index (χ3n) is 3.81. The molecule has 2 amide bonds. The highest BCUT2D eigenvalue weighted by atomic mass is 16.5. The summed E-state index contributed by atoms with van der Waals surface area (Å²) in [5.41, 5.74) is 1.61. The molecular weight excluding hydrogens is 262 g/mol. The maximum Gasteiger partial charge on any atom is 0.317 e. The highest BCUT2D eigenvalue weighted by Gasteiger charge is 2.36. The van der Waals surface area contributed by atoms with Gasteiger partial charge in [-0.25, -0.2) is 4.79 Å². The molecule has 2 rings (SSSR count). The number of hydrogen-bond acceptors (Lipinski definition) is 4. The number of hydrogen-bond donors (Lipinski definition) is 2. The van der Waals surface area contributed by atoms with Crippen molar-refractivity contribution in [1.82, 2.24) is 15.4 Å². The molecule has 0 aliphatic carbocycles. The molecule has 20 heavy (non-hydrogen) atoms. The van der Waals surface area contributed by atoms with E-state index in [1.165, 1.54) is 0 Å². The van der Waals surface area contributed by atoms with Crippen LogP contribution in [0.4, 0.5) is 4.79 Å². The molecule has 7 nitrogen and oxygen atoms in total. The van der Waals surface area contributed by atoms with Crippen molar-refractivity contribution in [3.05, 3.63) is 17.0 Å². The second-order valence-electron chi connectivity index (χ2n) is 5.29. The van der Waals surface area contributed by atoms with Crippen LogP contribution in [-0.2, 0) is 11.3 Å². The Morgan fingerprint density at radius 2 is 2.15 bits per heavy atom. The molecule has 0 saturated carbocycles. The summed E-state index contributed by atoms with van der Waals surface area (Å²) >= 11 is 0. The number of aryl methyl sites for hydroxylation is 2. The summed E-state index contributed by atoms with van der Waals surface area (Å²) in [6.45, 7) is 6.51. The molecule has 0 aromatic carbocycles. The fourth-order valence-corrected chi connectivity index (χ4v) is 2.48. The van der Waals surface area contributed by atoms with Crippen molar-refractivity contribution < 1.29 is 19.2 Å². The second kappa shape index (κ2) is 5.52. The Bertz CT molecular complexity index is 506. The lowest BCUT2D eigenvalue weighted by Crippen LogP contribution is -2.38. The van der Waals surface area contributed by atoms with Gasteiger partial charge in [0.15, 0.2) is 0 Å². The van der Waals surface area contributed by atoms with Crippen molar-refractivity contribution in [3.63, 3.8) is 0 Å². The van der Waals surface area contributed by atoms with E-state index in [0.29, 0.717) is 18.8 Å². The maximum absolute atomic E-state index is 12.0. The summed E-state index contributed by atoms with van der Waals surface area (Å²) < 4.78 is 5.03. The van der Waals surface area contributed by atoms with Crippen LogP contribution in [0.15, 0.2) is 4.52 Å². The zero-order chi connectivity index (χ0) is 14.9. The monoisotopic (exact) mass is 281 g/mol. The molecule has 1 fully saturated rings. The van der Waals surface area contributed by atoms with Crippen molar-refractivity contribution in [2.45, 2.75) is 27.3 Å². The van der Waals surface area contributed by atoms with Gasteiger partial charge in [-0.3, -0.25) is 4.79 Å². The first-order valence-electron chi connectivity index (χ1n) is 6.57. The first-order chi connectivity index (χ1) is 9.40. The van der Waals surface area contributed by atoms with E-state index in [9.17, 15) is 9.59 Å². The predicted octanol–water partition coefficient (Wildman–Crippen LogP) is 1.15. The number of nitrogens with zero attached hydrogens (tertiary/aromatic N) is 2. The molecule has 1 aliphatic rings. The summed E-state index contributed by atoms with van der Waals surface area (Å²) in [6.07, 6.45) is 0. The van der Waals surface area contributed by atoms with Gasteiger partial charge in [-0.1, -0.05) is 12.1 Å². The molecule has 2 atom stereocenters. The van der Waals surface area contributed by atoms with Gasteiger partial charge in [0, 0.05) is 25.2 Å². The Kier molecular flexibility index (Phi) is 3.96. The van der Waals surface area contributed by atoms with Crippen LogP contribution >= 0.6 is 0 Å². The molecule has 1 aliphatic heterocycles. The lowest BCUT2D eigenvalue weighted by Gasteiger charge is -2.16. The number of carboxylic acids is 1. The number of aromatic nitrogens is 1. The van der Waals surface area contributed by atoms with Crippen LogP contribution in [0, 0.1) is 25.7 Å². The molecule has 1 aromatic heterocycles. The van der Waals surface area contributed by atoms with E-state index in [1.54, 1.807) is 11.8 Å². The third-order valence-corrected chi connectivity index (χ3v) is 3.81. The van der Waals surface area contributed by atoms with E-state index < -0.39 is 11.9 Å². The molecule has 0 spiro atoms. The van der Waals surface area contributed by atoms with Crippen molar-refractivity contribution in [2.75, 3.05) is 13.1 Å². The van der Waals surface area contributed by atoms with Gasteiger partial charge in [0.05, 0.1) is 11.6 Å². The van der Waals surface area contributed by atoms with E-state index in [1.807, 2.05) is 13.8 Å². The first kappa shape index (κ1) is 14.4.